The van der Waals surface area contributed by atoms with Crippen LogP contribution < -0.4 is 26.1 Å². The Bertz CT molecular complexity index is 1070. The van der Waals surface area contributed by atoms with Crippen molar-refractivity contribution in [2.24, 2.45) is 5.73 Å². The fourth-order valence-corrected chi connectivity index (χ4v) is 2.86. The van der Waals surface area contributed by atoms with Gasteiger partial charge in [-0.3, -0.25) is 4.79 Å². The first kappa shape index (κ1) is 20.4. The lowest BCUT2D eigenvalue weighted by atomic mass is 10.1. The molecule has 2 aromatic carbocycles. The van der Waals surface area contributed by atoms with E-state index in [1.807, 2.05) is 0 Å². The number of nitrogens with one attached hydrogen (secondary N) is 1. The zero-order valence-electron chi connectivity index (χ0n) is 16.1. The van der Waals surface area contributed by atoms with Crippen molar-refractivity contribution < 1.29 is 23.8 Å². The van der Waals surface area contributed by atoms with Crippen LogP contribution in [0.3, 0.4) is 0 Å². The van der Waals surface area contributed by atoms with E-state index < -0.39 is 17.6 Å². The van der Waals surface area contributed by atoms with Crippen LogP contribution in [0.15, 0.2) is 51.7 Å². The summed E-state index contributed by atoms with van der Waals surface area (Å²) < 4.78 is 16.2. The van der Waals surface area contributed by atoms with Crippen molar-refractivity contribution in [3.8, 4) is 11.5 Å². The predicted molar refractivity (Wildman–Crippen MR) is 109 cm³/mol. The molecule has 3 rings (SSSR count). The Hall–Kier alpha value is -3.36. The second kappa shape index (κ2) is 8.76. The van der Waals surface area contributed by atoms with E-state index in [1.165, 1.54) is 13.2 Å². The summed E-state index contributed by atoms with van der Waals surface area (Å²) >= 11 is 0. The molecule has 1 amide bonds. The summed E-state index contributed by atoms with van der Waals surface area (Å²) in [6, 6.07) is 11.3. The number of fused-ring (bicyclic) bond motifs is 1. The van der Waals surface area contributed by atoms with Gasteiger partial charge in [-0.2, -0.15) is 0 Å². The third kappa shape index (κ3) is 4.23. The summed E-state index contributed by atoms with van der Waals surface area (Å²) in [5.41, 5.74) is 5.81. The van der Waals surface area contributed by atoms with E-state index in [4.69, 9.17) is 19.6 Å². The minimum atomic E-state index is -0.792. The topological polar surface area (TPSA) is 124 Å². The maximum absolute atomic E-state index is 12.6. The molecule has 0 spiro atoms. The predicted octanol–water partition coefficient (Wildman–Crippen LogP) is 2.44. The number of rotatable bonds is 7. The molecule has 4 N–H and O–H groups in total. The molecule has 0 fully saturated rings. The highest BCUT2D eigenvalue weighted by Gasteiger charge is 2.18. The molecule has 0 saturated carbocycles. The largest absolute Gasteiger partial charge is 0.493 e. The molecule has 0 bridgehead atoms. The Balaban J connectivity index is 1.92. The minimum Gasteiger partial charge on any atom is -0.493 e. The quantitative estimate of drug-likeness (QED) is 0.522. The first-order valence-corrected chi connectivity index (χ1v) is 9.05. The lowest BCUT2D eigenvalue weighted by Gasteiger charge is -2.12. The third-order valence-electron chi connectivity index (χ3n) is 4.35. The van der Waals surface area contributed by atoms with Gasteiger partial charge in [0.05, 0.1) is 19.8 Å². The van der Waals surface area contributed by atoms with Gasteiger partial charge in [0, 0.05) is 17.6 Å². The van der Waals surface area contributed by atoms with Crippen molar-refractivity contribution in [2.75, 3.05) is 25.6 Å². The molecule has 29 heavy (non-hydrogen) atoms. The Morgan fingerprint density at radius 3 is 2.59 bits per heavy atom. The smallest absolute Gasteiger partial charge is 0.349 e. The van der Waals surface area contributed by atoms with Crippen molar-refractivity contribution in [3.63, 3.8) is 0 Å². The molecule has 0 aliphatic heterocycles. The van der Waals surface area contributed by atoms with Gasteiger partial charge in [-0.25, -0.2) is 4.79 Å². The van der Waals surface area contributed by atoms with Crippen LogP contribution in [-0.2, 0) is 0 Å². The number of hydrogen-bond acceptors (Lipinski definition) is 7. The molecule has 0 aliphatic carbocycles. The van der Waals surface area contributed by atoms with Gasteiger partial charge in [-0.1, -0.05) is 12.1 Å². The number of ether oxygens (including phenoxy) is 2. The van der Waals surface area contributed by atoms with Crippen molar-refractivity contribution in [1.82, 2.24) is 0 Å². The van der Waals surface area contributed by atoms with Gasteiger partial charge in [0.15, 0.2) is 11.3 Å². The molecule has 8 nitrogen and oxygen atoms in total. The number of aliphatic hydroxyl groups excluding tert-OH is 1. The first-order chi connectivity index (χ1) is 14.0. The fraction of sp³-hybridized carbons (Fsp3) is 0.238. The standard InChI is InChI=1S/C21H22N2O6/c1-3-28-19-17(27-2)9-6-13-10-15(21(26)29-18(13)19)20(25)23-14-7-4-12(5-8-14)16(24)11-22/h4-10,16,24H,3,11,22H2,1-2H3,(H,23,25). The van der Waals surface area contributed by atoms with E-state index in [0.717, 1.165) is 0 Å². The molecule has 8 heteroatoms. The number of carbonyl (C=O) groups is 1. The van der Waals surface area contributed by atoms with Gasteiger partial charge < -0.3 is 30.0 Å². The molecule has 3 aromatic rings. The third-order valence-corrected chi connectivity index (χ3v) is 4.35. The second-order valence-electron chi connectivity index (χ2n) is 6.22. The highest BCUT2D eigenvalue weighted by molar-refractivity contribution is 6.05. The van der Waals surface area contributed by atoms with E-state index in [1.54, 1.807) is 43.3 Å². The number of carbonyl (C=O) groups excluding carboxylic acids is 1. The monoisotopic (exact) mass is 398 g/mol. The highest BCUT2D eigenvalue weighted by Crippen LogP contribution is 2.35. The summed E-state index contributed by atoms with van der Waals surface area (Å²) in [4.78, 5) is 25.0. The van der Waals surface area contributed by atoms with Gasteiger partial charge in [0.2, 0.25) is 5.75 Å². The molecular formula is C21H22N2O6. The van der Waals surface area contributed by atoms with Crippen LogP contribution >= 0.6 is 0 Å². The maximum Gasteiger partial charge on any atom is 0.349 e. The van der Waals surface area contributed by atoms with Crippen molar-refractivity contribution in [3.05, 3.63) is 64.0 Å². The summed E-state index contributed by atoms with van der Waals surface area (Å²) in [6.07, 6.45) is -0.774. The average Bonchev–Trinajstić information content (AvgIpc) is 2.73. The zero-order valence-corrected chi connectivity index (χ0v) is 16.1. The molecule has 1 unspecified atom stereocenters. The maximum atomic E-state index is 12.6. The Morgan fingerprint density at radius 1 is 1.24 bits per heavy atom. The van der Waals surface area contributed by atoms with Crippen LogP contribution in [0.1, 0.15) is 28.9 Å². The van der Waals surface area contributed by atoms with Crippen molar-refractivity contribution in [1.29, 1.82) is 0 Å². The van der Waals surface area contributed by atoms with Crippen LogP contribution in [0.2, 0.25) is 0 Å². The van der Waals surface area contributed by atoms with Crippen molar-refractivity contribution in [2.45, 2.75) is 13.0 Å². The van der Waals surface area contributed by atoms with Crippen molar-refractivity contribution >= 4 is 22.6 Å². The number of hydrogen-bond donors (Lipinski definition) is 3. The van der Waals surface area contributed by atoms with Crippen LogP contribution in [0.5, 0.6) is 11.5 Å². The lowest BCUT2D eigenvalue weighted by Crippen LogP contribution is -2.21. The molecular weight excluding hydrogens is 376 g/mol. The molecule has 1 atom stereocenters. The van der Waals surface area contributed by atoms with Gasteiger partial charge in [0.1, 0.15) is 5.56 Å². The van der Waals surface area contributed by atoms with E-state index in [-0.39, 0.29) is 17.7 Å². The van der Waals surface area contributed by atoms with Crippen LogP contribution in [-0.4, -0.2) is 31.3 Å². The number of benzene rings is 2. The normalized spacial score (nSPS) is 11.9. The summed E-state index contributed by atoms with van der Waals surface area (Å²) in [5.74, 6) is 0.131. The summed E-state index contributed by atoms with van der Waals surface area (Å²) in [6.45, 7) is 2.25. The first-order valence-electron chi connectivity index (χ1n) is 9.05. The van der Waals surface area contributed by atoms with E-state index in [9.17, 15) is 14.7 Å². The Labute approximate surface area is 166 Å². The minimum absolute atomic E-state index is 0.0956. The summed E-state index contributed by atoms with van der Waals surface area (Å²) in [7, 11) is 1.49. The van der Waals surface area contributed by atoms with Crippen LogP contribution in [0.25, 0.3) is 11.0 Å². The number of nitrogens with two attached hydrogens (primary N) is 1. The number of amides is 1. The average molecular weight is 398 g/mol. The molecule has 152 valence electrons. The molecule has 0 saturated heterocycles. The summed E-state index contributed by atoms with van der Waals surface area (Å²) in [5, 5.41) is 12.9. The van der Waals surface area contributed by atoms with Crippen LogP contribution in [0, 0.1) is 0 Å². The van der Waals surface area contributed by atoms with E-state index >= 15 is 0 Å². The van der Waals surface area contributed by atoms with Gasteiger partial charge in [0.25, 0.3) is 5.91 Å². The Kier molecular flexibility index (Phi) is 6.16. The Morgan fingerprint density at radius 2 is 1.97 bits per heavy atom. The van der Waals surface area contributed by atoms with Gasteiger partial charge >= 0.3 is 5.63 Å². The highest BCUT2D eigenvalue weighted by atomic mass is 16.5. The molecule has 0 radical (unpaired) electrons. The zero-order chi connectivity index (χ0) is 21.0. The van der Waals surface area contributed by atoms with Gasteiger partial charge in [-0.05, 0) is 42.8 Å². The van der Waals surface area contributed by atoms with Crippen LogP contribution in [0.4, 0.5) is 5.69 Å². The second-order valence-corrected chi connectivity index (χ2v) is 6.22. The lowest BCUT2D eigenvalue weighted by molar-refractivity contribution is 0.102. The van der Waals surface area contributed by atoms with Gasteiger partial charge in [-0.15, -0.1) is 0 Å². The number of anilines is 1. The SMILES string of the molecule is CCOc1c(OC)ccc2cc(C(=O)Nc3ccc(C(O)CN)cc3)c(=O)oc12. The fourth-order valence-electron chi connectivity index (χ4n) is 2.86. The molecule has 0 aliphatic rings. The number of aliphatic hydroxyl groups is 1. The van der Waals surface area contributed by atoms with E-state index in [2.05, 4.69) is 5.32 Å². The molecule has 1 aromatic heterocycles. The number of methoxy groups -OCH3 is 1. The molecule has 1 heterocycles. The van der Waals surface area contributed by atoms with E-state index in [0.29, 0.717) is 34.7 Å².